The fraction of sp³-hybridized carbons (Fsp3) is 0.240. The van der Waals surface area contributed by atoms with Crippen molar-refractivity contribution in [3.63, 3.8) is 0 Å². The van der Waals surface area contributed by atoms with Gasteiger partial charge >= 0.3 is 0 Å². The summed E-state index contributed by atoms with van der Waals surface area (Å²) in [5, 5.41) is 3.68. The quantitative estimate of drug-likeness (QED) is 0.472. The van der Waals surface area contributed by atoms with Crippen molar-refractivity contribution in [1.82, 2.24) is 0 Å². The topological polar surface area (TPSA) is 47.6 Å². The minimum Gasteiger partial charge on any atom is -0.493 e. The van der Waals surface area contributed by atoms with Crippen LogP contribution in [0.1, 0.15) is 39.5 Å². The summed E-state index contributed by atoms with van der Waals surface area (Å²) in [7, 11) is 0. The van der Waals surface area contributed by atoms with E-state index in [2.05, 4.69) is 5.32 Å². The zero-order valence-electron chi connectivity index (χ0n) is 17.7. The zero-order valence-corrected chi connectivity index (χ0v) is 18.5. The Hall–Kier alpha value is -2.98. The Morgan fingerprint density at radius 3 is 2.43 bits per heavy atom. The molecule has 0 aromatic heterocycles. The second-order valence-electron chi connectivity index (χ2n) is 7.23. The predicted molar refractivity (Wildman–Crippen MR) is 122 cm³/mol. The molecule has 3 aromatic carbocycles. The van der Waals surface area contributed by atoms with Gasteiger partial charge in [-0.2, -0.15) is 0 Å². The molecule has 3 aromatic rings. The first-order chi connectivity index (χ1) is 14.4. The molecule has 0 saturated heterocycles. The van der Waals surface area contributed by atoms with E-state index >= 15 is 0 Å². The number of nitrogens with one attached hydrogen (secondary N) is 1. The van der Waals surface area contributed by atoms with Crippen LogP contribution in [0.5, 0.6) is 11.5 Å². The highest BCUT2D eigenvalue weighted by Gasteiger charge is 2.13. The molecule has 156 valence electrons. The molecule has 4 nitrogen and oxygen atoms in total. The summed E-state index contributed by atoms with van der Waals surface area (Å²) in [5.41, 5.74) is 5.27. The van der Waals surface area contributed by atoms with Crippen LogP contribution in [0, 0.1) is 20.8 Å². The fourth-order valence-corrected chi connectivity index (χ4v) is 3.26. The molecule has 0 bridgehead atoms. The maximum atomic E-state index is 12.8. The first-order valence-corrected chi connectivity index (χ1v) is 10.3. The Balaban J connectivity index is 1.80. The van der Waals surface area contributed by atoms with Gasteiger partial charge in [0.15, 0.2) is 0 Å². The number of rotatable bonds is 7. The van der Waals surface area contributed by atoms with Gasteiger partial charge in [-0.05, 0) is 81.3 Å². The van der Waals surface area contributed by atoms with Gasteiger partial charge in [-0.15, -0.1) is 0 Å². The zero-order chi connectivity index (χ0) is 21.7. The molecular formula is C25H26ClNO3. The van der Waals surface area contributed by atoms with Gasteiger partial charge in [0, 0.05) is 21.8 Å². The van der Waals surface area contributed by atoms with Crippen molar-refractivity contribution in [1.29, 1.82) is 0 Å². The van der Waals surface area contributed by atoms with Crippen LogP contribution in [0.2, 0.25) is 5.02 Å². The first kappa shape index (κ1) is 21.7. The molecule has 0 spiro atoms. The molecule has 0 unspecified atom stereocenters. The average Bonchev–Trinajstić information content (AvgIpc) is 2.72. The van der Waals surface area contributed by atoms with Crippen molar-refractivity contribution in [2.75, 3.05) is 11.9 Å². The largest absolute Gasteiger partial charge is 0.493 e. The van der Waals surface area contributed by atoms with Gasteiger partial charge in [0.2, 0.25) is 0 Å². The van der Waals surface area contributed by atoms with Gasteiger partial charge in [-0.1, -0.05) is 29.3 Å². The molecule has 5 heteroatoms. The van der Waals surface area contributed by atoms with E-state index in [0.29, 0.717) is 28.7 Å². The van der Waals surface area contributed by atoms with E-state index in [1.807, 2.05) is 76.2 Å². The number of aryl methyl sites for hydroxylation is 3. The Labute approximate surface area is 182 Å². The summed E-state index contributed by atoms with van der Waals surface area (Å²) in [6.07, 6.45) is 0. The van der Waals surface area contributed by atoms with E-state index in [1.54, 1.807) is 6.07 Å². The minimum absolute atomic E-state index is 0.173. The summed E-state index contributed by atoms with van der Waals surface area (Å²) in [6.45, 7) is 8.67. The lowest BCUT2D eigenvalue weighted by Gasteiger charge is -2.14. The number of ether oxygens (including phenoxy) is 2. The highest BCUT2D eigenvalue weighted by molar-refractivity contribution is 6.31. The Kier molecular flexibility index (Phi) is 7.01. The highest BCUT2D eigenvalue weighted by Crippen LogP contribution is 2.26. The summed E-state index contributed by atoms with van der Waals surface area (Å²) in [6, 6.07) is 16.9. The number of hydrogen-bond acceptors (Lipinski definition) is 3. The smallest absolute Gasteiger partial charge is 0.255 e. The van der Waals surface area contributed by atoms with Crippen molar-refractivity contribution in [3.8, 4) is 11.5 Å². The lowest BCUT2D eigenvalue weighted by molar-refractivity contribution is 0.102. The summed E-state index contributed by atoms with van der Waals surface area (Å²) < 4.78 is 11.7. The lowest BCUT2D eigenvalue weighted by atomic mass is 10.1. The monoisotopic (exact) mass is 423 g/mol. The maximum Gasteiger partial charge on any atom is 0.255 e. The summed E-state index contributed by atoms with van der Waals surface area (Å²) in [5.74, 6) is 1.24. The molecule has 1 amide bonds. The second kappa shape index (κ2) is 9.68. The fourth-order valence-electron chi connectivity index (χ4n) is 3.15. The van der Waals surface area contributed by atoms with Crippen LogP contribution in [-0.4, -0.2) is 12.5 Å². The van der Waals surface area contributed by atoms with Crippen LogP contribution in [-0.2, 0) is 6.61 Å². The number of halogens is 1. The van der Waals surface area contributed by atoms with Crippen molar-refractivity contribution >= 4 is 23.2 Å². The molecule has 0 atom stereocenters. The Bertz CT molecular complexity index is 1060. The van der Waals surface area contributed by atoms with Crippen LogP contribution in [0.15, 0.2) is 54.6 Å². The predicted octanol–water partition coefficient (Wildman–Crippen LogP) is 6.50. The normalized spacial score (nSPS) is 10.6. The minimum atomic E-state index is -0.173. The van der Waals surface area contributed by atoms with E-state index in [9.17, 15) is 4.79 Å². The Morgan fingerprint density at radius 2 is 1.73 bits per heavy atom. The molecule has 0 saturated carbocycles. The number of amides is 1. The third-order valence-electron chi connectivity index (χ3n) is 4.78. The number of carbonyl (C=O) groups excluding carboxylic acids is 1. The average molecular weight is 424 g/mol. The third kappa shape index (κ3) is 5.33. The molecule has 30 heavy (non-hydrogen) atoms. The number of carbonyl (C=O) groups is 1. The van der Waals surface area contributed by atoms with Crippen molar-refractivity contribution in [2.45, 2.75) is 34.3 Å². The van der Waals surface area contributed by atoms with Gasteiger partial charge < -0.3 is 14.8 Å². The van der Waals surface area contributed by atoms with E-state index in [0.717, 1.165) is 27.9 Å². The number of benzene rings is 3. The highest BCUT2D eigenvalue weighted by atomic mass is 35.5. The molecule has 0 aliphatic rings. The molecular weight excluding hydrogens is 398 g/mol. The van der Waals surface area contributed by atoms with Crippen molar-refractivity contribution < 1.29 is 14.3 Å². The number of anilines is 1. The van der Waals surface area contributed by atoms with Crippen LogP contribution < -0.4 is 14.8 Å². The van der Waals surface area contributed by atoms with Gasteiger partial charge in [-0.25, -0.2) is 0 Å². The van der Waals surface area contributed by atoms with E-state index in [1.165, 1.54) is 0 Å². The second-order valence-corrected chi connectivity index (χ2v) is 7.63. The van der Waals surface area contributed by atoms with Crippen LogP contribution in [0.25, 0.3) is 0 Å². The molecule has 0 aliphatic carbocycles. The molecule has 3 rings (SSSR count). The molecule has 0 radical (unpaired) electrons. The molecule has 0 heterocycles. The molecule has 0 aliphatic heterocycles. The lowest BCUT2D eigenvalue weighted by Crippen LogP contribution is -2.14. The summed E-state index contributed by atoms with van der Waals surface area (Å²) >= 11 is 6.09. The van der Waals surface area contributed by atoms with Crippen molar-refractivity contribution in [3.05, 3.63) is 87.4 Å². The SMILES string of the molecule is CCOc1ccc(C(=O)Nc2ccc(C)cc2C)cc1COc1ccc(Cl)c(C)c1. The Morgan fingerprint density at radius 1 is 0.933 bits per heavy atom. The van der Waals surface area contributed by atoms with Gasteiger partial charge in [0.25, 0.3) is 5.91 Å². The molecule has 1 N–H and O–H groups in total. The van der Waals surface area contributed by atoms with Crippen LogP contribution >= 0.6 is 11.6 Å². The maximum absolute atomic E-state index is 12.8. The van der Waals surface area contributed by atoms with Crippen LogP contribution in [0.4, 0.5) is 5.69 Å². The van der Waals surface area contributed by atoms with Crippen LogP contribution in [0.3, 0.4) is 0 Å². The third-order valence-corrected chi connectivity index (χ3v) is 5.20. The number of hydrogen-bond donors (Lipinski definition) is 1. The standard InChI is InChI=1S/C25H26ClNO3/c1-5-29-24-11-7-19(25(28)27-23-10-6-16(2)12-18(23)4)14-20(24)15-30-21-8-9-22(26)17(3)13-21/h6-14H,5,15H2,1-4H3,(H,27,28). The van der Waals surface area contributed by atoms with E-state index < -0.39 is 0 Å². The summed E-state index contributed by atoms with van der Waals surface area (Å²) in [4.78, 5) is 12.8. The molecule has 0 fully saturated rings. The van der Waals surface area contributed by atoms with E-state index in [-0.39, 0.29) is 12.5 Å². The van der Waals surface area contributed by atoms with Gasteiger partial charge in [0.1, 0.15) is 18.1 Å². The van der Waals surface area contributed by atoms with E-state index in [4.69, 9.17) is 21.1 Å². The first-order valence-electron chi connectivity index (χ1n) is 9.90. The van der Waals surface area contributed by atoms with Crippen molar-refractivity contribution in [2.24, 2.45) is 0 Å². The van der Waals surface area contributed by atoms with Gasteiger partial charge in [0.05, 0.1) is 6.61 Å². The van der Waals surface area contributed by atoms with Gasteiger partial charge in [-0.3, -0.25) is 4.79 Å².